The van der Waals surface area contributed by atoms with Crippen molar-refractivity contribution in [3.05, 3.63) is 41.8 Å². The van der Waals surface area contributed by atoms with Gasteiger partial charge >= 0.3 is 5.97 Å². The summed E-state index contributed by atoms with van der Waals surface area (Å²) in [7, 11) is 1.40. The molecule has 1 aliphatic heterocycles. The number of amides is 1. The number of rotatable bonds is 9. The van der Waals surface area contributed by atoms with Crippen molar-refractivity contribution in [2.45, 2.75) is 25.3 Å². The van der Waals surface area contributed by atoms with Gasteiger partial charge in [-0.25, -0.2) is 4.39 Å². The van der Waals surface area contributed by atoms with Crippen LogP contribution in [0.15, 0.2) is 34.9 Å². The van der Waals surface area contributed by atoms with Crippen LogP contribution in [0.3, 0.4) is 0 Å². The van der Waals surface area contributed by atoms with Crippen molar-refractivity contribution < 1.29 is 23.2 Å². The highest BCUT2D eigenvalue weighted by molar-refractivity contribution is 5.93. The molecule has 30 heavy (non-hydrogen) atoms. The van der Waals surface area contributed by atoms with E-state index in [9.17, 15) is 14.0 Å². The number of nitrogens with one attached hydrogen (secondary N) is 2. The zero-order valence-electron chi connectivity index (χ0n) is 17.0. The Kier molecular flexibility index (Phi) is 7.92. The van der Waals surface area contributed by atoms with Crippen molar-refractivity contribution in [2.24, 2.45) is 0 Å². The SMILES string of the molecule is COC(=O)C1CN(CCCCCNC(=O)c2cc(-c3ccc(F)cc3)on2)CCN1. The maximum atomic E-state index is 13.0. The van der Waals surface area contributed by atoms with Crippen LogP contribution in [0.2, 0.25) is 0 Å². The average Bonchev–Trinajstić information content (AvgIpc) is 3.26. The highest BCUT2D eigenvalue weighted by Crippen LogP contribution is 2.20. The average molecular weight is 418 g/mol. The molecule has 1 amide bonds. The van der Waals surface area contributed by atoms with E-state index in [0.29, 0.717) is 24.4 Å². The Labute approximate surface area is 174 Å². The second kappa shape index (κ2) is 10.8. The Hall–Kier alpha value is -2.78. The van der Waals surface area contributed by atoms with Crippen molar-refractivity contribution in [3.8, 4) is 11.3 Å². The number of nitrogens with zero attached hydrogens (tertiary/aromatic N) is 2. The molecule has 1 atom stereocenters. The van der Waals surface area contributed by atoms with E-state index in [2.05, 4.69) is 20.7 Å². The molecule has 0 saturated carbocycles. The second-order valence-corrected chi connectivity index (χ2v) is 7.23. The Bertz CT molecular complexity index is 840. The molecular formula is C21H27FN4O4. The topological polar surface area (TPSA) is 96.7 Å². The summed E-state index contributed by atoms with van der Waals surface area (Å²) in [6.45, 7) is 3.80. The molecule has 1 aromatic heterocycles. The first-order chi connectivity index (χ1) is 14.6. The number of piperazine rings is 1. The molecule has 0 bridgehead atoms. The van der Waals surface area contributed by atoms with Gasteiger partial charge in [-0.1, -0.05) is 11.6 Å². The summed E-state index contributed by atoms with van der Waals surface area (Å²) in [5, 5.41) is 9.78. The number of hydrogen-bond donors (Lipinski definition) is 2. The summed E-state index contributed by atoms with van der Waals surface area (Å²) < 4.78 is 23.0. The molecule has 0 aliphatic carbocycles. The van der Waals surface area contributed by atoms with Crippen LogP contribution in [-0.2, 0) is 9.53 Å². The number of halogens is 1. The minimum absolute atomic E-state index is 0.198. The molecule has 3 rings (SSSR count). The second-order valence-electron chi connectivity index (χ2n) is 7.23. The van der Waals surface area contributed by atoms with E-state index in [4.69, 9.17) is 9.26 Å². The minimum atomic E-state index is -0.337. The molecule has 8 nitrogen and oxygen atoms in total. The standard InChI is InChI=1S/C21H27FN4O4/c1-29-21(28)18-14-26(12-10-23-18)11-4-2-3-9-24-20(27)17-13-19(30-25-17)15-5-7-16(22)8-6-15/h5-8,13,18,23H,2-4,9-12,14H2,1H3,(H,24,27). The van der Waals surface area contributed by atoms with Crippen LogP contribution in [0.5, 0.6) is 0 Å². The number of methoxy groups -OCH3 is 1. The van der Waals surface area contributed by atoms with Gasteiger partial charge in [0.2, 0.25) is 0 Å². The number of unbranched alkanes of at least 4 members (excludes halogenated alkanes) is 2. The number of esters is 1. The Balaban J connectivity index is 1.32. The lowest BCUT2D eigenvalue weighted by molar-refractivity contribution is -0.144. The number of aromatic nitrogens is 1. The molecular weight excluding hydrogens is 391 g/mol. The van der Waals surface area contributed by atoms with Crippen molar-refractivity contribution in [2.75, 3.05) is 39.8 Å². The van der Waals surface area contributed by atoms with Gasteiger partial charge in [0.25, 0.3) is 5.91 Å². The van der Waals surface area contributed by atoms with Crippen LogP contribution in [0.25, 0.3) is 11.3 Å². The number of carbonyl (C=O) groups excluding carboxylic acids is 2. The summed E-state index contributed by atoms with van der Waals surface area (Å²) in [6, 6.07) is 7.09. The monoisotopic (exact) mass is 418 g/mol. The molecule has 1 unspecified atom stereocenters. The van der Waals surface area contributed by atoms with E-state index in [1.54, 1.807) is 18.2 Å². The van der Waals surface area contributed by atoms with Crippen LogP contribution in [0, 0.1) is 5.82 Å². The van der Waals surface area contributed by atoms with E-state index in [0.717, 1.165) is 38.9 Å². The van der Waals surface area contributed by atoms with Gasteiger partial charge in [-0.2, -0.15) is 0 Å². The van der Waals surface area contributed by atoms with E-state index in [1.807, 2.05) is 0 Å². The third-order valence-electron chi connectivity index (χ3n) is 5.05. The molecule has 0 spiro atoms. The molecule has 2 aromatic rings. The molecule has 0 radical (unpaired) electrons. The molecule has 1 aromatic carbocycles. The summed E-state index contributed by atoms with van der Waals surface area (Å²) in [5.74, 6) is -0.439. The summed E-state index contributed by atoms with van der Waals surface area (Å²) in [4.78, 5) is 26.1. The smallest absolute Gasteiger partial charge is 0.324 e. The Morgan fingerprint density at radius 2 is 2.10 bits per heavy atom. The first-order valence-corrected chi connectivity index (χ1v) is 10.1. The van der Waals surface area contributed by atoms with Gasteiger partial charge in [0.15, 0.2) is 11.5 Å². The third-order valence-corrected chi connectivity index (χ3v) is 5.05. The van der Waals surface area contributed by atoms with Crippen LogP contribution in [0.4, 0.5) is 4.39 Å². The van der Waals surface area contributed by atoms with Gasteiger partial charge in [-0.3, -0.25) is 14.5 Å². The summed E-state index contributed by atoms with van der Waals surface area (Å²) >= 11 is 0. The van der Waals surface area contributed by atoms with Gasteiger partial charge in [-0.05, 0) is 43.7 Å². The van der Waals surface area contributed by atoms with Gasteiger partial charge in [-0.15, -0.1) is 0 Å². The zero-order valence-corrected chi connectivity index (χ0v) is 17.0. The lowest BCUT2D eigenvalue weighted by Crippen LogP contribution is -2.54. The number of hydrogen-bond acceptors (Lipinski definition) is 7. The van der Waals surface area contributed by atoms with E-state index in [1.165, 1.54) is 19.2 Å². The van der Waals surface area contributed by atoms with Gasteiger partial charge < -0.3 is 19.9 Å². The predicted octanol–water partition coefficient (Wildman–Crippen LogP) is 1.83. The Morgan fingerprint density at radius 3 is 2.87 bits per heavy atom. The minimum Gasteiger partial charge on any atom is -0.468 e. The summed E-state index contributed by atoms with van der Waals surface area (Å²) in [6.07, 6.45) is 2.80. The molecule has 1 saturated heterocycles. The van der Waals surface area contributed by atoms with E-state index in [-0.39, 0.29) is 29.4 Å². The maximum absolute atomic E-state index is 13.0. The van der Waals surface area contributed by atoms with Crippen molar-refractivity contribution in [3.63, 3.8) is 0 Å². The van der Waals surface area contributed by atoms with Crippen LogP contribution < -0.4 is 10.6 Å². The molecule has 9 heteroatoms. The lowest BCUT2D eigenvalue weighted by atomic mass is 10.1. The highest BCUT2D eigenvalue weighted by atomic mass is 19.1. The zero-order chi connectivity index (χ0) is 21.3. The first kappa shape index (κ1) is 21.9. The highest BCUT2D eigenvalue weighted by Gasteiger charge is 2.25. The largest absolute Gasteiger partial charge is 0.468 e. The molecule has 2 heterocycles. The number of carbonyl (C=O) groups is 2. The fourth-order valence-corrected chi connectivity index (χ4v) is 3.38. The van der Waals surface area contributed by atoms with Gasteiger partial charge in [0, 0.05) is 37.8 Å². The van der Waals surface area contributed by atoms with E-state index < -0.39 is 0 Å². The molecule has 2 N–H and O–H groups in total. The van der Waals surface area contributed by atoms with Crippen molar-refractivity contribution >= 4 is 11.9 Å². The third kappa shape index (κ3) is 6.11. The van der Waals surface area contributed by atoms with Crippen molar-refractivity contribution in [1.82, 2.24) is 20.7 Å². The molecule has 1 fully saturated rings. The first-order valence-electron chi connectivity index (χ1n) is 10.1. The lowest BCUT2D eigenvalue weighted by Gasteiger charge is -2.32. The Morgan fingerprint density at radius 1 is 1.30 bits per heavy atom. The molecule has 162 valence electrons. The fraction of sp³-hybridized carbons (Fsp3) is 0.476. The van der Waals surface area contributed by atoms with Gasteiger partial charge in [0.1, 0.15) is 11.9 Å². The van der Waals surface area contributed by atoms with Crippen LogP contribution >= 0.6 is 0 Å². The maximum Gasteiger partial charge on any atom is 0.324 e. The van der Waals surface area contributed by atoms with Gasteiger partial charge in [0.05, 0.1) is 7.11 Å². The number of ether oxygens (including phenoxy) is 1. The normalized spacial score (nSPS) is 16.9. The van der Waals surface area contributed by atoms with Crippen LogP contribution in [-0.4, -0.2) is 67.8 Å². The van der Waals surface area contributed by atoms with E-state index >= 15 is 0 Å². The predicted molar refractivity (Wildman–Crippen MR) is 108 cm³/mol. The number of benzene rings is 1. The molecule has 1 aliphatic rings. The van der Waals surface area contributed by atoms with Crippen LogP contribution in [0.1, 0.15) is 29.8 Å². The summed E-state index contributed by atoms with van der Waals surface area (Å²) in [5.41, 5.74) is 0.856. The quantitative estimate of drug-likeness (QED) is 0.474. The van der Waals surface area contributed by atoms with Crippen molar-refractivity contribution in [1.29, 1.82) is 0 Å². The fourth-order valence-electron chi connectivity index (χ4n) is 3.38.